The lowest BCUT2D eigenvalue weighted by Gasteiger charge is -2.34. The van der Waals surface area contributed by atoms with E-state index in [1.807, 2.05) is 6.07 Å². The Bertz CT molecular complexity index is 1000. The van der Waals surface area contributed by atoms with Crippen molar-refractivity contribution < 1.29 is 14.2 Å². The zero-order valence-corrected chi connectivity index (χ0v) is 19.7. The standard InChI is InChI=1S/C28H34N2O3/c1-31-27-13-12-24(21-28(27)32-2)22-30-16-14-29(15-17-30)18-19-33-26-11-7-6-10-25(26)20-23-8-4-3-5-9-23/h3-13,21H,14-20,22H2,1-2H3. The number of rotatable bonds is 10. The maximum atomic E-state index is 6.20. The Hall–Kier alpha value is -3.02. The average molecular weight is 447 g/mol. The Morgan fingerprint density at radius 2 is 1.36 bits per heavy atom. The molecule has 33 heavy (non-hydrogen) atoms. The first kappa shape index (κ1) is 23.1. The highest BCUT2D eigenvalue weighted by atomic mass is 16.5. The summed E-state index contributed by atoms with van der Waals surface area (Å²) in [6.45, 7) is 6.81. The summed E-state index contributed by atoms with van der Waals surface area (Å²) < 4.78 is 17.0. The number of para-hydroxylation sites is 1. The van der Waals surface area contributed by atoms with Crippen LogP contribution < -0.4 is 14.2 Å². The molecule has 1 aliphatic heterocycles. The molecule has 0 unspecified atom stereocenters. The number of hydrogen-bond acceptors (Lipinski definition) is 5. The summed E-state index contributed by atoms with van der Waals surface area (Å²) in [6, 6.07) is 25.1. The van der Waals surface area contributed by atoms with E-state index in [-0.39, 0.29) is 0 Å². The fraction of sp³-hybridized carbons (Fsp3) is 0.357. The number of hydrogen-bond donors (Lipinski definition) is 0. The third kappa shape index (κ3) is 6.50. The second-order valence-electron chi connectivity index (χ2n) is 8.43. The molecule has 0 aliphatic carbocycles. The van der Waals surface area contributed by atoms with Crippen molar-refractivity contribution in [1.82, 2.24) is 9.80 Å². The SMILES string of the molecule is COc1ccc(CN2CCN(CCOc3ccccc3Cc3ccccc3)CC2)cc1OC. The predicted octanol–water partition coefficient (Wildman–Crippen LogP) is 4.49. The van der Waals surface area contributed by atoms with Crippen LogP contribution in [0.3, 0.4) is 0 Å². The normalized spacial score (nSPS) is 14.7. The van der Waals surface area contributed by atoms with Crippen LogP contribution in [0, 0.1) is 0 Å². The maximum absolute atomic E-state index is 6.20. The van der Waals surface area contributed by atoms with Crippen molar-refractivity contribution in [3.05, 3.63) is 89.5 Å². The van der Waals surface area contributed by atoms with Gasteiger partial charge in [0.05, 0.1) is 14.2 Å². The van der Waals surface area contributed by atoms with Gasteiger partial charge in [-0.15, -0.1) is 0 Å². The first-order chi connectivity index (χ1) is 16.2. The second-order valence-corrected chi connectivity index (χ2v) is 8.43. The first-order valence-electron chi connectivity index (χ1n) is 11.7. The van der Waals surface area contributed by atoms with Gasteiger partial charge in [-0.25, -0.2) is 0 Å². The summed E-state index contributed by atoms with van der Waals surface area (Å²) >= 11 is 0. The Balaban J connectivity index is 1.22. The topological polar surface area (TPSA) is 34.2 Å². The van der Waals surface area contributed by atoms with Crippen LogP contribution in [0.5, 0.6) is 17.2 Å². The lowest BCUT2D eigenvalue weighted by Crippen LogP contribution is -2.47. The van der Waals surface area contributed by atoms with Gasteiger partial charge in [0.2, 0.25) is 0 Å². The maximum Gasteiger partial charge on any atom is 0.161 e. The molecule has 5 heteroatoms. The van der Waals surface area contributed by atoms with Crippen molar-refractivity contribution in [2.75, 3.05) is 53.6 Å². The average Bonchev–Trinajstić information content (AvgIpc) is 2.86. The molecule has 0 amide bonds. The second kappa shape index (κ2) is 11.7. The Morgan fingerprint density at radius 3 is 2.12 bits per heavy atom. The Kier molecular flexibility index (Phi) is 8.23. The summed E-state index contributed by atoms with van der Waals surface area (Å²) in [4.78, 5) is 4.98. The molecule has 0 N–H and O–H groups in total. The Morgan fingerprint density at radius 1 is 0.667 bits per heavy atom. The molecule has 1 fully saturated rings. The molecule has 0 atom stereocenters. The van der Waals surface area contributed by atoms with Gasteiger partial charge >= 0.3 is 0 Å². The minimum atomic E-state index is 0.710. The quantitative estimate of drug-likeness (QED) is 0.458. The van der Waals surface area contributed by atoms with Crippen LogP contribution in [0.15, 0.2) is 72.8 Å². The lowest BCUT2D eigenvalue weighted by atomic mass is 10.0. The lowest BCUT2D eigenvalue weighted by molar-refractivity contribution is 0.112. The van der Waals surface area contributed by atoms with E-state index in [0.29, 0.717) is 6.61 Å². The van der Waals surface area contributed by atoms with Crippen LogP contribution in [0.1, 0.15) is 16.7 Å². The summed E-state index contributed by atoms with van der Waals surface area (Å²) in [6.07, 6.45) is 0.895. The number of methoxy groups -OCH3 is 2. The summed E-state index contributed by atoms with van der Waals surface area (Å²) in [7, 11) is 3.35. The van der Waals surface area contributed by atoms with Gasteiger partial charge in [-0.05, 0) is 34.9 Å². The molecule has 5 nitrogen and oxygen atoms in total. The molecule has 0 radical (unpaired) electrons. The summed E-state index contributed by atoms with van der Waals surface area (Å²) in [5.41, 5.74) is 3.79. The molecule has 0 bridgehead atoms. The van der Waals surface area contributed by atoms with Crippen molar-refractivity contribution in [3.8, 4) is 17.2 Å². The van der Waals surface area contributed by atoms with Crippen molar-refractivity contribution in [1.29, 1.82) is 0 Å². The molecule has 0 aromatic heterocycles. The van der Waals surface area contributed by atoms with E-state index < -0.39 is 0 Å². The number of piperazine rings is 1. The third-order valence-corrected chi connectivity index (χ3v) is 6.19. The smallest absolute Gasteiger partial charge is 0.161 e. The van der Waals surface area contributed by atoms with E-state index in [1.165, 1.54) is 16.7 Å². The largest absolute Gasteiger partial charge is 0.493 e. The third-order valence-electron chi connectivity index (χ3n) is 6.19. The first-order valence-corrected chi connectivity index (χ1v) is 11.7. The number of ether oxygens (including phenoxy) is 3. The van der Waals surface area contributed by atoms with E-state index in [1.54, 1.807) is 14.2 Å². The van der Waals surface area contributed by atoms with Gasteiger partial charge in [-0.2, -0.15) is 0 Å². The van der Waals surface area contributed by atoms with Crippen LogP contribution in [0.4, 0.5) is 0 Å². The highest BCUT2D eigenvalue weighted by molar-refractivity contribution is 5.43. The molecule has 3 aromatic rings. The van der Waals surface area contributed by atoms with E-state index >= 15 is 0 Å². The molecule has 4 rings (SSSR count). The predicted molar refractivity (Wildman–Crippen MR) is 132 cm³/mol. The highest BCUT2D eigenvalue weighted by Crippen LogP contribution is 2.28. The van der Waals surface area contributed by atoms with E-state index in [0.717, 1.165) is 62.9 Å². The number of nitrogens with zero attached hydrogens (tertiary/aromatic N) is 2. The van der Waals surface area contributed by atoms with Gasteiger partial charge in [-0.1, -0.05) is 54.6 Å². The van der Waals surface area contributed by atoms with Crippen molar-refractivity contribution >= 4 is 0 Å². The van der Waals surface area contributed by atoms with Crippen molar-refractivity contribution in [3.63, 3.8) is 0 Å². The van der Waals surface area contributed by atoms with E-state index in [2.05, 4.69) is 76.5 Å². The molecule has 3 aromatic carbocycles. The van der Waals surface area contributed by atoms with Crippen LogP contribution >= 0.6 is 0 Å². The van der Waals surface area contributed by atoms with Gasteiger partial charge in [0.1, 0.15) is 12.4 Å². The van der Waals surface area contributed by atoms with E-state index in [4.69, 9.17) is 14.2 Å². The molecule has 174 valence electrons. The Labute approximate surface area is 197 Å². The van der Waals surface area contributed by atoms with Crippen LogP contribution in [0.2, 0.25) is 0 Å². The zero-order valence-electron chi connectivity index (χ0n) is 19.7. The molecule has 0 spiro atoms. The van der Waals surface area contributed by atoms with Crippen LogP contribution in [-0.4, -0.2) is 63.4 Å². The fourth-order valence-corrected chi connectivity index (χ4v) is 4.30. The van der Waals surface area contributed by atoms with Crippen molar-refractivity contribution in [2.45, 2.75) is 13.0 Å². The van der Waals surface area contributed by atoms with E-state index in [9.17, 15) is 0 Å². The highest BCUT2D eigenvalue weighted by Gasteiger charge is 2.18. The van der Waals surface area contributed by atoms with Gasteiger partial charge < -0.3 is 14.2 Å². The zero-order chi connectivity index (χ0) is 22.9. The minimum absolute atomic E-state index is 0.710. The molecular formula is C28H34N2O3. The summed E-state index contributed by atoms with van der Waals surface area (Å²) in [5.74, 6) is 2.56. The van der Waals surface area contributed by atoms with Crippen LogP contribution in [0.25, 0.3) is 0 Å². The molecule has 1 aliphatic rings. The minimum Gasteiger partial charge on any atom is -0.493 e. The molecule has 1 saturated heterocycles. The fourth-order valence-electron chi connectivity index (χ4n) is 4.30. The van der Waals surface area contributed by atoms with Crippen LogP contribution in [-0.2, 0) is 13.0 Å². The molecule has 0 saturated carbocycles. The van der Waals surface area contributed by atoms with Crippen molar-refractivity contribution in [2.24, 2.45) is 0 Å². The summed E-state index contributed by atoms with van der Waals surface area (Å²) in [5, 5.41) is 0. The van der Waals surface area contributed by atoms with Gasteiger partial charge in [0, 0.05) is 45.7 Å². The van der Waals surface area contributed by atoms with Gasteiger partial charge in [0.25, 0.3) is 0 Å². The molecular weight excluding hydrogens is 412 g/mol. The molecule has 1 heterocycles. The van der Waals surface area contributed by atoms with Gasteiger partial charge in [0.15, 0.2) is 11.5 Å². The van der Waals surface area contributed by atoms with Gasteiger partial charge in [-0.3, -0.25) is 9.80 Å². The monoisotopic (exact) mass is 446 g/mol. The number of benzene rings is 3.